The molecule has 1 unspecified atom stereocenters. The molecule has 0 saturated heterocycles. The first kappa shape index (κ1) is 12.3. The van der Waals surface area contributed by atoms with Crippen LogP contribution in [0, 0.1) is 0 Å². The summed E-state index contributed by atoms with van der Waals surface area (Å²) in [6.07, 6.45) is 3.92. The van der Waals surface area contributed by atoms with E-state index in [1.165, 1.54) is 0 Å². The number of nitrogens with zero attached hydrogens (tertiary/aromatic N) is 1. The summed E-state index contributed by atoms with van der Waals surface area (Å²) in [7, 11) is -3.88. The molecule has 1 aliphatic heterocycles. The average Bonchev–Trinajstić information content (AvgIpc) is 2.57. The van der Waals surface area contributed by atoms with Crippen LogP contribution in [-0.4, -0.2) is 36.0 Å². The summed E-state index contributed by atoms with van der Waals surface area (Å²) in [5.74, 6) is 1.11. The maximum absolute atomic E-state index is 10.6. The van der Waals surface area contributed by atoms with Crippen LogP contribution in [-0.2, 0) is 16.7 Å². The van der Waals surface area contributed by atoms with Crippen molar-refractivity contribution < 1.29 is 22.4 Å². The maximum Gasteiger partial charge on any atom is 0.264 e. The number of ether oxygens (including phenoxy) is 2. The van der Waals surface area contributed by atoms with E-state index < -0.39 is 10.1 Å². The molecule has 2 rings (SSSR count). The van der Waals surface area contributed by atoms with Crippen molar-refractivity contribution in [3.8, 4) is 11.5 Å². The largest absolute Gasteiger partial charge is 0.484 e. The molecule has 1 aromatic rings. The van der Waals surface area contributed by atoms with E-state index in [4.69, 9.17) is 14.0 Å². The first-order valence-corrected chi connectivity index (χ1v) is 6.99. The SMILES string of the molecule is CC1COc2cn(CCCS(=O)(=O)O)cc2O1. The molecule has 0 amide bonds. The molecule has 17 heavy (non-hydrogen) atoms. The van der Waals surface area contributed by atoms with E-state index in [1.54, 1.807) is 17.0 Å². The van der Waals surface area contributed by atoms with Crippen molar-refractivity contribution >= 4 is 10.1 Å². The number of rotatable bonds is 4. The van der Waals surface area contributed by atoms with Crippen molar-refractivity contribution in [2.24, 2.45) is 0 Å². The van der Waals surface area contributed by atoms with Crippen LogP contribution in [0.5, 0.6) is 11.5 Å². The van der Waals surface area contributed by atoms with Crippen LogP contribution in [0.2, 0.25) is 0 Å². The number of fused-ring (bicyclic) bond motifs is 1. The molecule has 0 spiro atoms. The van der Waals surface area contributed by atoms with E-state index in [2.05, 4.69) is 0 Å². The number of hydrogen-bond acceptors (Lipinski definition) is 4. The van der Waals surface area contributed by atoms with Crippen molar-refractivity contribution in [1.82, 2.24) is 4.57 Å². The van der Waals surface area contributed by atoms with Crippen LogP contribution in [0.25, 0.3) is 0 Å². The zero-order valence-corrected chi connectivity index (χ0v) is 10.3. The Morgan fingerprint density at radius 2 is 2.18 bits per heavy atom. The van der Waals surface area contributed by atoms with Gasteiger partial charge in [0.15, 0.2) is 11.5 Å². The molecule has 0 bridgehead atoms. The van der Waals surface area contributed by atoms with Gasteiger partial charge >= 0.3 is 0 Å². The molecule has 2 heterocycles. The molecule has 0 radical (unpaired) electrons. The Balaban J connectivity index is 1.95. The highest BCUT2D eigenvalue weighted by Gasteiger charge is 2.19. The van der Waals surface area contributed by atoms with Gasteiger partial charge in [-0.25, -0.2) is 0 Å². The van der Waals surface area contributed by atoms with Crippen LogP contribution >= 0.6 is 0 Å². The first-order chi connectivity index (χ1) is 7.94. The molecule has 6 nitrogen and oxygen atoms in total. The minimum absolute atomic E-state index is 0.0242. The van der Waals surface area contributed by atoms with Gasteiger partial charge in [0.2, 0.25) is 0 Å². The number of aryl methyl sites for hydroxylation is 1. The van der Waals surface area contributed by atoms with Crippen LogP contribution < -0.4 is 9.47 Å². The molecule has 96 valence electrons. The van der Waals surface area contributed by atoms with Crippen LogP contribution in [0.1, 0.15) is 13.3 Å². The van der Waals surface area contributed by atoms with Crippen LogP contribution in [0.15, 0.2) is 12.4 Å². The van der Waals surface area contributed by atoms with E-state index in [0.717, 1.165) is 0 Å². The highest BCUT2D eigenvalue weighted by Crippen LogP contribution is 2.32. The lowest BCUT2D eigenvalue weighted by molar-refractivity contribution is 0.106. The van der Waals surface area contributed by atoms with Gasteiger partial charge in [-0.1, -0.05) is 0 Å². The third-order valence-corrected chi connectivity index (χ3v) is 3.23. The number of hydrogen-bond donors (Lipinski definition) is 1. The topological polar surface area (TPSA) is 77.8 Å². The fourth-order valence-corrected chi connectivity index (χ4v) is 2.17. The summed E-state index contributed by atoms with van der Waals surface area (Å²) in [4.78, 5) is 0. The van der Waals surface area contributed by atoms with Gasteiger partial charge in [0.25, 0.3) is 10.1 Å². The monoisotopic (exact) mass is 261 g/mol. The van der Waals surface area contributed by atoms with E-state index in [1.807, 2.05) is 6.92 Å². The minimum atomic E-state index is -3.88. The highest BCUT2D eigenvalue weighted by atomic mass is 32.2. The Labute approximate surface area is 99.9 Å². The molecule has 1 aromatic heterocycles. The van der Waals surface area contributed by atoms with Crippen molar-refractivity contribution in [1.29, 1.82) is 0 Å². The van der Waals surface area contributed by atoms with Gasteiger partial charge in [0, 0.05) is 6.54 Å². The van der Waals surface area contributed by atoms with E-state index in [9.17, 15) is 8.42 Å². The summed E-state index contributed by atoms with van der Waals surface area (Å²) in [5.41, 5.74) is 0. The molecule has 1 atom stereocenters. The van der Waals surface area contributed by atoms with Crippen molar-refractivity contribution in [2.45, 2.75) is 26.0 Å². The fourth-order valence-electron chi connectivity index (χ4n) is 1.68. The third kappa shape index (κ3) is 3.37. The zero-order chi connectivity index (χ0) is 12.5. The average molecular weight is 261 g/mol. The standard InChI is InChI=1S/C10H15NO5S/c1-8-7-15-9-5-11(6-10(9)16-8)3-2-4-17(12,13)14/h5-6,8H,2-4,7H2,1H3,(H,12,13,14). The smallest absolute Gasteiger partial charge is 0.264 e. The van der Waals surface area contributed by atoms with Gasteiger partial charge < -0.3 is 14.0 Å². The normalized spacial score (nSPS) is 19.3. The van der Waals surface area contributed by atoms with Crippen molar-refractivity contribution in [3.63, 3.8) is 0 Å². The number of aromatic nitrogens is 1. The molecular formula is C10H15NO5S. The Hall–Kier alpha value is -1.21. The minimum Gasteiger partial charge on any atom is -0.484 e. The molecule has 0 aliphatic carbocycles. The maximum atomic E-state index is 10.6. The summed E-state index contributed by atoms with van der Waals surface area (Å²) < 4.78 is 42.5. The molecule has 1 N–H and O–H groups in total. The van der Waals surface area contributed by atoms with Gasteiger partial charge in [-0.3, -0.25) is 4.55 Å². The first-order valence-electron chi connectivity index (χ1n) is 5.38. The lowest BCUT2D eigenvalue weighted by Gasteiger charge is -2.20. The summed E-state index contributed by atoms with van der Waals surface area (Å²) in [6, 6.07) is 0. The predicted octanol–water partition coefficient (Wildman–Crippen LogP) is 0.926. The van der Waals surface area contributed by atoms with Gasteiger partial charge in [0.1, 0.15) is 12.7 Å². The van der Waals surface area contributed by atoms with Crippen LogP contribution in [0.4, 0.5) is 0 Å². The van der Waals surface area contributed by atoms with Crippen LogP contribution in [0.3, 0.4) is 0 Å². The van der Waals surface area contributed by atoms with E-state index in [0.29, 0.717) is 31.1 Å². The molecule has 0 fully saturated rings. The summed E-state index contributed by atoms with van der Waals surface area (Å²) in [5, 5.41) is 0. The Bertz CT molecular complexity index is 493. The fraction of sp³-hybridized carbons (Fsp3) is 0.600. The van der Waals surface area contributed by atoms with E-state index in [-0.39, 0.29) is 11.9 Å². The Morgan fingerprint density at radius 3 is 2.88 bits per heavy atom. The zero-order valence-electron chi connectivity index (χ0n) is 9.50. The second-order valence-corrected chi connectivity index (χ2v) is 5.68. The lowest BCUT2D eigenvalue weighted by atomic mass is 10.4. The second-order valence-electron chi connectivity index (χ2n) is 4.10. The molecule has 1 aliphatic rings. The van der Waals surface area contributed by atoms with E-state index >= 15 is 0 Å². The molecule has 0 aromatic carbocycles. The Kier molecular flexibility index (Phi) is 3.30. The second kappa shape index (κ2) is 4.58. The van der Waals surface area contributed by atoms with Gasteiger partial charge in [-0.15, -0.1) is 0 Å². The summed E-state index contributed by atoms with van der Waals surface area (Å²) >= 11 is 0. The molecule has 0 saturated carbocycles. The third-order valence-electron chi connectivity index (χ3n) is 2.43. The summed E-state index contributed by atoms with van der Waals surface area (Å²) in [6.45, 7) is 2.93. The molecular weight excluding hydrogens is 246 g/mol. The predicted molar refractivity (Wildman–Crippen MR) is 61.0 cm³/mol. The van der Waals surface area contributed by atoms with Gasteiger partial charge in [-0.2, -0.15) is 8.42 Å². The highest BCUT2D eigenvalue weighted by molar-refractivity contribution is 7.85. The quantitative estimate of drug-likeness (QED) is 0.816. The molecule has 7 heteroatoms. The van der Waals surface area contributed by atoms with Gasteiger partial charge in [0.05, 0.1) is 18.1 Å². The van der Waals surface area contributed by atoms with Gasteiger partial charge in [-0.05, 0) is 13.3 Å². The van der Waals surface area contributed by atoms with Crippen molar-refractivity contribution in [2.75, 3.05) is 12.4 Å². The lowest BCUT2D eigenvalue weighted by Crippen LogP contribution is -2.24. The van der Waals surface area contributed by atoms with Crippen molar-refractivity contribution in [3.05, 3.63) is 12.4 Å². The Morgan fingerprint density at radius 1 is 1.47 bits per heavy atom.